The molecule has 0 radical (unpaired) electrons. The third-order valence-electron chi connectivity index (χ3n) is 3.68. The van der Waals surface area contributed by atoms with Crippen LogP contribution in [0.15, 0.2) is 24.3 Å². The highest BCUT2D eigenvalue weighted by Gasteiger charge is 2.51. The molecule has 1 aromatic carbocycles. The number of carbonyl (C=O) groups is 2. The van der Waals surface area contributed by atoms with Crippen LogP contribution in [0.4, 0.5) is 13.2 Å². The van der Waals surface area contributed by atoms with Gasteiger partial charge in [-0.3, -0.25) is 4.79 Å². The molecule has 2 atom stereocenters. The van der Waals surface area contributed by atoms with E-state index in [1.54, 1.807) is 24.3 Å². The van der Waals surface area contributed by atoms with Crippen LogP contribution in [0.1, 0.15) is 17.9 Å². The molecule has 0 unspecified atom stereocenters. The van der Waals surface area contributed by atoms with Crippen molar-refractivity contribution < 1.29 is 32.6 Å². The van der Waals surface area contributed by atoms with Gasteiger partial charge in [0, 0.05) is 12.5 Å². The van der Waals surface area contributed by atoms with Gasteiger partial charge in [0.1, 0.15) is 11.8 Å². The first-order valence-electron chi connectivity index (χ1n) is 6.50. The van der Waals surface area contributed by atoms with Gasteiger partial charge >= 0.3 is 18.1 Å². The van der Waals surface area contributed by atoms with Gasteiger partial charge in [-0.25, -0.2) is 4.79 Å². The second-order valence-corrected chi connectivity index (χ2v) is 4.95. The van der Waals surface area contributed by atoms with Crippen LogP contribution in [0.3, 0.4) is 0 Å². The largest absolute Gasteiger partial charge is 0.497 e. The highest BCUT2D eigenvalue weighted by Crippen LogP contribution is 2.37. The van der Waals surface area contributed by atoms with Crippen molar-refractivity contribution in [3.63, 3.8) is 0 Å². The van der Waals surface area contributed by atoms with Crippen molar-refractivity contribution in [3.05, 3.63) is 29.8 Å². The summed E-state index contributed by atoms with van der Waals surface area (Å²) in [6.45, 7) is -0.253. The monoisotopic (exact) mass is 317 g/mol. The Balaban J connectivity index is 2.34. The Morgan fingerprint density at radius 1 is 1.36 bits per heavy atom. The zero-order valence-corrected chi connectivity index (χ0v) is 11.6. The van der Waals surface area contributed by atoms with Gasteiger partial charge in [-0.2, -0.15) is 13.2 Å². The number of hydrogen-bond donors (Lipinski definition) is 1. The van der Waals surface area contributed by atoms with E-state index in [4.69, 9.17) is 4.74 Å². The van der Waals surface area contributed by atoms with Crippen molar-refractivity contribution in [3.8, 4) is 5.75 Å². The van der Waals surface area contributed by atoms with Gasteiger partial charge in [-0.05, 0) is 24.1 Å². The minimum atomic E-state index is -5.09. The summed E-state index contributed by atoms with van der Waals surface area (Å²) in [5, 5.41) is 9.26. The second kappa shape index (κ2) is 5.86. The van der Waals surface area contributed by atoms with Crippen molar-refractivity contribution in [2.45, 2.75) is 24.6 Å². The molecule has 1 heterocycles. The molecule has 120 valence electrons. The van der Waals surface area contributed by atoms with Crippen molar-refractivity contribution in [1.82, 2.24) is 4.90 Å². The summed E-state index contributed by atoms with van der Waals surface area (Å²) in [4.78, 5) is 23.2. The normalized spacial score (nSPS) is 21.7. The SMILES string of the molecule is COc1cccc([C@@H]2CCN(C(=O)C(F)(F)F)[C@H]2C(=O)O)c1. The number of benzene rings is 1. The Morgan fingerprint density at radius 3 is 2.59 bits per heavy atom. The zero-order valence-electron chi connectivity index (χ0n) is 11.6. The Kier molecular flexibility index (Phi) is 4.30. The maximum absolute atomic E-state index is 12.6. The van der Waals surface area contributed by atoms with Crippen LogP contribution in [-0.2, 0) is 9.59 Å². The number of carboxylic acids is 1. The van der Waals surface area contributed by atoms with Crippen LogP contribution in [0.5, 0.6) is 5.75 Å². The first-order chi connectivity index (χ1) is 10.3. The van der Waals surface area contributed by atoms with Gasteiger partial charge in [0.05, 0.1) is 7.11 Å². The van der Waals surface area contributed by atoms with E-state index in [9.17, 15) is 27.9 Å². The lowest BCUT2D eigenvalue weighted by molar-refractivity contribution is -0.188. The molecule has 1 N–H and O–H groups in total. The maximum Gasteiger partial charge on any atom is 0.471 e. The van der Waals surface area contributed by atoms with Crippen LogP contribution in [-0.4, -0.2) is 47.8 Å². The fraction of sp³-hybridized carbons (Fsp3) is 0.429. The Hall–Kier alpha value is -2.25. The molecule has 0 spiro atoms. The highest BCUT2D eigenvalue weighted by atomic mass is 19.4. The molecular formula is C14H14F3NO4. The molecule has 1 aromatic rings. The zero-order chi connectivity index (χ0) is 16.5. The molecule has 5 nitrogen and oxygen atoms in total. The summed E-state index contributed by atoms with van der Waals surface area (Å²) >= 11 is 0. The van der Waals surface area contributed by atoms with E-state index in [1.807, 2.05) is 0 Å². The molecule has 1 fully saturated rings. The molecule has 1 amide bonds. The third-order valence-corrected chi connectivity index (χ3v) is 3.68. The van der Waals surface area contributed by atoms with E-state index in [2.05, 4.69) is 0 Å². The summed E-state index contributed by atoms with van der Waals surface area (Å²) in [7, 11) is 1.43. The average molecular weight is 317 g/mol. The summed E-state index contributed by atoms with van der Waals surface area (Å²) < 4.78 is 42.8. The minimum Gasteiger partial charge on any atom is -0.497 e. The van der Waals surface area contributed by atoms with Crippen molar-refractivity contribution in [2.75, 3.05) is 13.7 Å². The lowest BCUT2D eigenvalue weighted by Gasteiger charge is -2.25. The molecule has 8 heteroatoms. The number of rotatable bonds is 3. The number of carboxylic acid groups (broad SMARTS) is 1. The maximum atomic E-state index is 12.6. The lowest BCUT2D eigenvalue weighted by Crippen LogP contribution is -2.48. The summed E-state index contributed by atoms with van der Waals surface area (Å²) in [6.07, 6.45) is -4.94. The smallest absolute Gasteiger partial charge is 0.471 e. The Bertz CT molecular complexity index is 588. The van der Waals surface area contributed by atoms with Crippen molar-refractivity contribution >= 4 is 11.9 Å². The van der Waals surface area contributed by atoms with Gasteiger partial charge in [0.15, 0.2) is 0 Å². The fourth-order valence-electron chi connectivity index (χ4n) is 2.71. The number of ether oxygens (including phenoxy) is 1. The quantitative estimate of drug-likeness (QED) is 0.926. The predicted molar refractivity (Wildman–Crippen MR) is 69.5 cm³/mol. The van der Waals surface area contributed by atoms with E-state index in [0.29, 0.717) is 16.2 Å². The summed E-state index contributed by atoms with van der Waals surface area (Å²) in [6, 6.07) is 4.92. The average Bonchev–Trinajstić information content (AvgIpc) is 2.90. The molecule has 22 heavy (non-hydrogen) atoms. The standard InChI is InChI=1S/C14H14F3NO4/c1-22-9-4-2-3-8(7-9)10-5-6-18(11(10)12(19)20)13(21)14(15,16)17/h2-4,7,10-11H,5-6H2,1H3,(H,19,20)/t10-,11+/m0/s1. The molecule has 0 aromatic heterocycles. The van der Waals surface area contributed by atoms with Crippen LogP contribution >= 0.6 is 0 Å². The summed E-state index contributed by atoms with van der Waals surface area (Å²) in [5.41, 5.74) is 0.532. The number of nitrogens with zero attached hydrogens (tertiary/aromatic N) is 1. The van der Waals surface area contributed by atoms with E-state index in [-0.39, 0.29) is 13.0 Å². The predicted octanol–water partition coefficient (Wildman–Crippen LogP) is 2.03. The number of aliphatic carboxylic acids is 1. The molecule has 1 aliphatic rings. The number of carbonyl (C=O) groups excluding carboxylic acids is 1. The van der Waals surface area contributed by atoms with Gasteiger partial charge < -0.3 is 14.7 Å². The van der Waals surface area contributed by atoms with Crippen LogP contribution in [0.25, 0.3) is 0 Å². The van der Waals surface area contributed by atoms with Crippen LogP contribution in [0, 0.1) is 0 Å². The number of methoxy groups -OCH3 is 1. The van der Waals surface area contributed by atoms with Gasteiger partial charge in [0.2, 0.25) is 0 Å². The van der Waals surface area contributed by atoms with Crippen molar-refractivity contribution in [1.29, 1.82) is 0 Å². The van der Waals surface area contributed by atoms with Crippen LogP contribution in [0.2, 0.25) is 0 Å². The highest BCUT2D eigenvalue weighted by molar-refractivity contribution is 5.88. The molecule has 1 aliphatic heterocycles. The van der Waals surface area contributed by atoms with Crippen molar-refractivity contribution in [2.24, 2.45) is 0 Å². The van der Waals surface area contributed by atoms with Gasteiger partial charge in [-0.15, -0.1) is 0 Å². The van der Waals surface area contributed by atoms with E-state index in [0.717, 1.165) is 0 Å². The number of alkyl halides is 3. The van der Waals surface area contributed by atoms with Gasteiger partial charge in [-0.1, -0.05) is 12.1 Å². The summed E-state index contributed by atoms with van der Waals surface area (Å²) in [5.74, 6) is -3.81. The molecule has 0 bridgehead atoms. The van der Waals surface area contributed by atoms with Crippen LogP contribution < -0.4 is 4.74 Å². The van der Waals surface area contributed by atoms with E-state index < -0.39 is 30.0 Å². The number of likely N-dealkylation sites (tertiary alicyclic amines) is 1. The first kappa shape index (κ1) is 16.1. The second-order valence-electron chi connectivity index (χ2n) is 4.95. The third kappa shape index (κ3) is 3.00. The minimum absolute atomic E-state index is 0.145. The molecule has 0 aliphatic carbocycles. The molecule has 0 saturated carbocycles. The topological polar surface area (TPSA) is 66.8 Å². The van der Waals surface area contributed by atoms with E-state index >= 15 is 0 Å². The molecule has 1 saturated heterocycles. The number of hydrogen-bond acceptors (Lipinski definition) is 3. The van der Waals surface area contributed by atoms with E-state index in [1.165, 1.54) is 7.11 Å². The van der Waals surface area contributed by atoms with Gasteiger partial charge in [0.25, 0.3) is 0 Å². The molecule has 2 rings (SSSR count). The first-order valence-corrected chi connectivity index (χ1v) is 6.50. The molecular weight excluding hydrogens is 303 g/mol. The lowest BCUT2D eigenvalue weighted by atomic mass is 9.91. The Morgan fingerprint density at radius 2 is 2.05 bits per heavy atom. The fourth-order valence-corrected chi connectivity index (χ4v) is 2.71. The number of halogens is 3. The Labute approximate surface area is 124 Å². The number of amides is 1.